The lowest BCUT2D eigenvalue weighted by Gasteiger charge is -2.13. The molecular weight excluding hydrogens is 306 g/mol. The minimum absolute atomic E-state index is 0.0286. The van der Waals surface area contributed by atoms with Gasteiger partial charge in [-0.3, -0.25) is 9.89 Å². The Bertz CT molecular complexity index is 766. The fourth-order valence-electron chi connectivity index (χ4n) is 2.44. The van der Waals surface area contributed by atoms with E-state index in [2.05, 4.69) is 15.5 Å². The van der Waals surface area contributed by atoms with Crippen LogP contribution in [0.2, 0.25) is 0 Å². The van der Waals surface area contributed by atoms with Gasteiger partial charge in [0.25, 0.3) is 5.91 Å². The number of hydrogen-bond donors (Lipinski definition) is 3. The second kappa shape index (κ2) is 7.61. The third kappa shape index (κ3) is 3.91. The molecular formula is C18H19N3O3. The molecule has 124 valence electrons. The Morgan fingerprint density at radius 1 is 1.25 bits per heavy atom. The zero-order valence-corrected chi connectivity index (χ0v) is 13.1. The van der Waals surface area contributed by atoms with E-state index in [4.69, 9.17) is 4.42 Å². The number of rotatable bonds is 7. The first-order valence-electron chi connectivity index (χ1n) is 7.78. The number of aromatic amines is 1. The molecule has 0 saturated carbocycles. The molecule has 0 fully saturated rings. The third-order valence-electron chi connectivity index (χ3n) is 3.77. The van der Waals surface area contributed by atoms with E-state index in [1.54, 1.807) is 18.4 Å². The van der Waals surface area contributed by atoms with Crippen LogP contribution in [-0.2, 0) is 6.42 Å². The fourth-order valence-corrected chi connectivity index (χ4v) is 2.44. The Kier molecular flexibility index (Phi) is 5.08. The van der Waals surface area contributed by atoms with Gasteiger partial charge >= 0.3 is 0 Å². The van der Waals surface area contributed by atoms with Gasteiger partial charge in [0.1, 0.15) is 11.5 Å². The standard InChI is InChI=1S/C18H19N3O3/c22-12-13(9-15-7-4-8-24-15)11-19-18(23)17-10-16(20-21-17)14-5-2-1-3-6-14/h1-8,10,13,22H,9,11-12H2,(H,19,23)(H,20,21). The summed E-state index contributed by atoms with van der Waals surface area (Å²) in [6, 6.07) is 15.0. The number of amides is 1. The van der Waals surface area contributed by atoms with Crippen molar-refractivity contribution in [2.45, 2.75) is 6.42 Å². The summed E-state index contributed by atoms with van der Waals surface area (Å²) in [5, 5.41) is 19.2. The number of carbonyl (C=O) groups excluding carboxylic acids is 1. The highest BCUT2D eigenvalue weighted by atomic mass is 16.3. The van der Waals surface area contributed by atoms with Crippen molar-refractivity contribution < 1.29 is 14.3 Å². The van der Waals surface area contributed by atoms with Crippen molar-refractivity contribution in [3.63, 3.8) is 0 Å². The predicted octanol–water partition coefficient (Wildman–Crippen LogP) is 2.25. The van der Waals surface area contributed by atoms with Crippen LogP contribution in [0.15, 0.2) is 59.2 Å². The number of nitrogens with zero attached hydrogens (tertiary/aromatic N) is 1. The molecule has 0 bridgehead atoms. The second-order valence-electron chi connectivity index (χ2n) is 5.57. The highest BCUT2D eigenvalue weighted by Crippen LogP contribution is 2.17. The minimum Gasteiger partial charge on any atom is -0.469 e. The smallest absolute Gasteiger partial charge is 0.269 e. The Labute approximate surface area is 139 Å². The van der Waals surface area contributed by atoms with Gasteiger partial charge < -0.3 is 14.8 Å². The van der Waals surface area contributed by atoms with E-state index in [9.17, 15) is 9.90 Å². The van der Waals surface area contributed by atoms with E-state index in [-0.39, 0.29) is 18.4 Å². The van der Waals surface area contributed by atoms with Crippen molar-refractivity contribution in [1.29, 1.82) is 0 Å². The molecule has 3 N–H and O–H groups in total. The van der Waals surface area contributed by atoms with Gasteiger partial charge in [0.15, 0.2) is 0 Å². The molecule has 6 nitrogen and oxygen atoms in total. The molecule has 2 aromatic heterocycles. The van der Waals surface area contributed by atoms with Gasteiger partial charge in [-0.15, -0.1) is 0 Å². The topological polar surface area (TPSA) is 91.2 Å². The molecule has 3 rings (SSSR count). The summed E-state index contributed by atoms with van der Waals surface area (Å²) in [7, 11) is 0. The van der Waals surface area contributed by atoms with E-state index in [0.717, 1.165) is 17.0 Å². The molecule has 1 aromatic carbocycles. The summed E-state index contributed by atoms with van der Waals surface area (Å²) in [4.78, 5) is 12.2. The maximum absolute atomic E-state index is 12.2. The quantitative estimate of drug-likeness (QED) is 0.621. The Morgan fingerprint density at radius 2 is 2.08 bits per heavy atom. The second-order valence-corrected chi connectivity index (χ2v) is 5.57. The third-order valence-corrected chi connectivity index (χ3v) is 3.77. The predicted molar refractivity (Wildman–Crippen MR) is 89.3 cm³/mol. The molecule has 0 radical (unpaired) electrons. The fraction of sp³-hybridized carbons (Fsp3) is 0.222. The average molecular weight is 325 g/mol. The van der Waals surface area contributed by atoms with Gasteiger partial charge in [-0.05, 0) is 18.2 Å². The van der Waals surface area contributed by atoms with Gasteiger partial charge in [0, 0.05) is 31.1 Å². The summed E-state index contributed by atoms with van der Waals surface area (Å²) < 4.78 is 5.27. The highest BCUT2D eigenvalue weighted by Gasteiger charge is 2.15. The maximum Gasteiger partial charge on any atom is 0.269 e. The first-order chi connectivity index (χ1) is 11.8. The summed E-state index contributed by atoms with van der Waals surface area (Å²) in [5.41, 5.74) is 2.05. The van der Waals surface area contributed by atoms with Gasteiger partial charge in [-0.1, -0.05) is 30.3 Å². The van der Waals surface area contributed by atoms with Crippen LogP contribution in [0, 0.1) is 5.92 Å². The Balaban J connectivity index is 1.58. The van der Waals surface area contributed by atoms with E-state index >= 15 is 0 Å². The summed E-state index contributed by atoms with van der Waals surface area (Å²) in [6.45, 7) is 0.328. The van der Waals surface area contributed by atoms with E-state index in [0.29, 0.717) is 18.7 Å². The van der Waals surface area contributed by atoms with Gasteiger partial charge in [0.2, 0.25) is 0 Å². The van der Waals surface area contributed by atoms with Crippen molar-refractivity contribution in [3.05, 3.63) is 66.2 Å². The molecule has 6 heteroatoms. The lowest BCUT2D eigenvalue weighted by atomic mass is 10.1. The highest BCUT2D eigenvalue weighted by molar-refractivity contribution is 5.93. The molecule has 1 atom stereocenters. The van der Waals surface area contributed by atoms with Gasteiger partial charge in [0.05, 0.1) is 12.0 Å². The summed E-state index contributed by atoms with van der Waals surface area (Å²) in [5.74, 6) is 0.440. The van der Waals surface area contributed by atoms with Crippen LogP contribution in [0.5, 0.6) is 0 Å². The number of benzene rings is 1. The van der Waals surface area contributed by atoms with Crippen LogP contribution in [0.4, 0.5) is 0 Å². The Morgan fingerprint density at radius 3 is 2.79 bits per heavy atom. The molecule has 0 spiro atoms. The normalized spacial score (nSPS) is 12.0. The van der Waals surface area contributed by atoms with Crippen LogP contribution in [0.1, 0.15) is 16.2 Å². The Hall–Kier alpha value is -2.86. The monoisotopic (exact) mass is 325 g/mol. The molecule has 0 aliphatic rings. The summed E-state index contributed by atoms with van der Waals surface area (Å²) >= 11 is 0. The average Bonchev–Trinajstić information content (AvgIpc) is 3.31. The van der Waals surface area contributed by atoms with Crippen LogP contribution >= 0.6 is 0 Å². The van der Waals surface area contributed by atoms with Gasteiger partial charge in [-0.2, -0.15) is 5.10 Å². The van der Waals surface area contributed by atoms with E-state index in [1.165, 1.54) is 0 Å². The molecule has 0 aliphatic heterocycles. The SMILES string of the molecule is O=C(NCC(CO)Cc1ccco1)c1cc(-c2ccccc2)n[nH]1. The number of aliphatic hydroxyl groups excluding tert-OH is 1. The number of H-pyrrole nitrogens is 1. The van der Waals surface area contributed by atoms with E-state index < -0.39 is 0 Å². The lowest BCUT2D eigenvalue weighted by molar-refractivity contribution is 0.0934. The number of carbonyl (C=O) groups is 1. The van der Waals surface area contributed by atoms with Crippen LogP contribution in [0.25, 0.3) is 11.3 Å². The number of aliphatic hydroxyl groups is 1. The van der Waals surface area contributed by atoms with Crippen molar-refractivity contribution in [2.75, 3.05) is 13.2 Å². The number of furan rings is 1. The van der Waals surface area contributed by atoms with Crippen LogP contribution in [0.3, 0.4) is 0 Å². The van der Waals surface area contributed by atoms with E-state index in [1.807, 2.05) is 36.4 Å². The zero-order chi connectivity index (χ0) is 16.8. The van der Waals surface area contributed by atoms with Crippen molar-refractivity contribution in [3.8, 4) is 11.3 Å². The number of nitrogens with one attached hydrogen (secondary N) is 2. The molecule has 2 heterocycles. The van der Waals surface area contributed by atoms with Crippen molar-refractivity contribution >= 4 is 5.91 Å². The first kappa shape index (κ1) is 16.0. The van der Waals surface area contributed by atoms with Gasteiger partial charge in [-0.25, -0.2) is 0 Å². The zero-order valence-electron chi connectivity index (χ0n) is 13.1. The molecule has 0 aliphatic carbocycles. The molecule has 24 heavy (non-hydrogen) atoms. The molecule has 1 amide bonds. The minimum atomic E-state index is -0.248. The van der Waals surface area contributed by atoms with Crippen molar-refractivity contribution in [2.24, 2.45) is 5.92 Å². The van der Waals surface area contributed by atoms with Crippen LogP contribution in [-0.4, -0.2) is 34.4 Å². The molecule has 0 saturated heterocycles. The molecule has 1 unspecified atom stereocenters. The number of aromatic nitrogens is 2. The molecule has 3 aromatic rings. The van der Waals surface area contributed by atoms with Crippen LogP contribution < -0.4 is 5.32 Å². The maximum atomic E-state index is 12.2. The first-order valence-corrected chi connectivity index (χ1v) is 7.78. The summed E-state index contributed by atoms with van der Waals surface area (Å²) in [6.07, 6.45) is 2.17. The largest absolute Gasteiger partial charge is 0.469 e. The lowest BCUT2D eigenvalue weighted by Crippen LogP contribution is -2.32. The van der Waals surface area contributed by atoms with Crippen molar-refractivity contribution in [1.82, 2.24) is 15.5 Å². The number of hydrogen-bond acceptors (Lipinski definition) is 4.